The summed E-state index contributed by atoms with van der Waals surface area (Å²) in [5.74, 6) is 0. The van der Waals surface area contributed by atoms with Crippen LogP contribution in [0.5, 0.6) is 0 Å². The average Bonchev–Trinajstić information content (AvgIpc) is 2.60. The minimum atomic E-state index is 0.104. The minimum Gasteiger partial charge on any atom is -0.144 e. The number of hydrogen-bond acceptors (Lipinski definition) is 1. The lowest BCUT2D eigenvalue weighted by atomic mass is 10.1. The van der Waals surface area contributed by atoms with E-state index in [1.165, 1.54) is 15.3 Å². The lowest BCUT2D eigenvalue weighted by molar-refractivity contribution is 1.19. The van der Waals surface area contributed by atoms with Crippen molar-refractivity contribution in [2.45, 2.75) is 18.7 Å². The zero-order valence-corrected chi connectivity index (χ0v) is 13.3. The summed E-state index contributed by atoms with van der Waals surface area (Å²) in [5, 5.41) is 1.45. The molecule has 1 aromatic heterocycles. The fourth-order valence-electron chi connectivity index (χ4n) is 1.76. The van der Waals surface area contributed by atoms with Crippen LogP contribution in [0.25, 0.3) is 0 Å². The SMILES string of the molecule is Cc1cc(C)c(C(Br)c2cc(Cl)ccc2Cl)s1. The Hall–Kier alpha value is -0.0200. The monoisotopic (exact) mass is 348 g/mol. The molecular formula is C13H11BrCl2S. The summed E-state index contributed by atoms with van der Waals surface area (Å²) in [6, 6.07) is 7.74. The second-order valence-electron chi connectivity index (χ2n) is 3.93. The fourth-order valence-corrected chi connectivity index (χ4v) is 4.35. The molecular weight excluding hydrogens is 339 g/mol. The van der Waals surface area contributed by atoms with E-state index in [2.05, 4.69) is 35.8 Å². The quantitative estimate of drug-likeness (QED) is 0.570. The highest BCUT2D eigenvalue weighted by Gasteiger charge is 2.18. The van der Waals surface area contributed by atoms with E-state index >= 15 is 0 Å². The van der Waals surface area contributed by atoms with E-state index in [-0.39, 0.29) is 4.83 Å². The largest absolute Gasteiger partial charge is 0.144 e. The summed E-state index contributed by atoms with van der Waals surface area (Å²) in [6.45, 7) is 4.23. The van der Waals surface area contributed by atoms with Crippen molar-refractivity contribution in [1.29, 1.82) is 0 Å². The van der Waals surface area contributed by atoms with Gasteiger partial charge in [0.1, 0.15) is 0 Å². The van der Waals surface area contributed by atoms with Gasteiger partial charge in [0.05, 0.1) is 4.83 Å². The Morgan fingerprint density at radius 1 is 1.18 bits per heavy atom. The number of benzene rings is 1. The molecule has 1 heterocycles. The van der Waals surface area contributed by atoms with Gasteiger partial charge in [-0.2, -0.15) is 0 Å². The van der Waals surface area contributed by atoms with Crippen LogP contribution in [0, 0.1) is 13.8 Å². The summed E-state index contributed by atoms with van der Waals surface area (Å²) < 4.78 is 0. The maximum absolute atomic E-state index is 6.22. The van der Waals surface area contributed by atoms with Crippen LogP contribution in [-0.2, 0) is 0 Å². The van der Waals surface area contributed by atoms with E-state index < -0.39 is 0 Å². The van der Waals surface area contributed by atoms with E-state index in [0.29, 0.717) is 5.02 Å². The molecule has 17 heavy (non-hydrogen) atoms. The second-order valence-corrected chi connectivity index (χ2v) is 6.98. The zero-order chi connectivity index (χ0) is 12.6. The van der Waals surface area contributed by atoms with Crippen molar-refractivity contribution in [3.63, 3.8) is 0 Å². The van der Waals surface area contributed by atoms with Crippen molar-refractivity contribution in [3.05, 3.63) is 55.2 Å². The van der Waals surface area contributed by atoms with Crippen molar-refractivity contribution in [3.8, 4) is 0 Å². The number of alkyl halides is 1. The number of halogens is 3. The van der Waals surface area contributed by atoms with Crippen molar-refractivity contribution in [2.75, 3.05) is 0 Å². The Morgan fingerprint density at radius 2 is 1.88 bits per heavy atom. The molecule has 0 N–H and O–H groups in total. The maximum atomic E-state index is 6.22. The van der Waals surface area contributed by atoms with E-state index in [4.69, 9.17) is 23.2 Å². The van der Waals surface area contributed by atoms with Crippen molar-refractivity contribution in [1.82, 2.24) is 0 Å². The number of rotatable bonds is 2. The molecule has 0 saturated heterocycles. The predicted molar refractivity (Wildman–Crippen MR) is 81.0 cm³/mol. The third kappa shape index (κ3) is 2.87. The Labute approximate surface area is 124 Å². The molecule has 90 valence electrons. The van der Waals surface area contributed by atoms with Gasteiger partial charge >= 0.3 is 0 Å². The van der Waals surface area contributed by atoms with Crippen molar-refractivity contribution >= 4 is 50.5 Å². The molecule has 0 bridgehead atoms. The topological polar surface area (TPSA) is 0 Å². The van der Waals surface area contributed by atoms with Crippen LogP contribution < -0.4 is 0 Å². The first-order valence-corrected chi connectivity index (χ1v) is 7.64. The molecule has 0 nitrogen and oxygen atoms in total. The molecule has 0 aliphatic rings. The van der Waals surface area contributed by atoms with Gasteiger partial charge in [-0.1, -0.05) is 39.1 Å². The molecule has 0 fully saturated rings. The molecule has 0 aliphatic carbocycles. The van der Waals surface area contributed by atoms with Gasteiger partial charge in [-0.15, -0.1) is 11.3 Å². The first-order chi connectivity index (χ1) is 7.99. The highest BCUT2D eigenvalue weighted by atomic mass is 79.9. The maximum Gasteiger partial charge on any atom is 0.0755 e. The lowest BCUT2D eigenvalue weighted by Gasteiger charge is -2.12. The van der Waals surface area contributed by atoms with Gasteiger partial charge in [0, 0.05) is 19.8 Å². The molecule has 0 saturated carbocycles. The Balaban J connectivity index is 2.46. The van der Waals surface area contributed by atoms with Gasteiger partial charge in [-0.3, -0.25) is 0 Å². The molecule has 4 heteroatoms. The third-order valence-corrected chi connectivity index (χ3v) is 5.59. The Bertz CT molecular complexity index is 548. The predicted octanol–water partition coefficient (Wildman–Crippen LogP) is 6.16. The normalized spacial score (nSPS) is 12.8. The number of aryl methyl sites for hydroxylation is 2. The molecule has 0 amide bonds. The van der Waals surface area contributed by atoms with Crippen LogP contribution in [0.2, 0.25) is 10.0 Å². The molecule has 0 aliphatic heterocycles. The molecule has 1 aromatic carbocycles. The zero-order valence-electron chi connectivity index (χ0n) is 9.43. The van der Waals surface area contributed by atoms with E-state index in [1.807, 2.05) is 12.1 Å². The minimum absolute atomic E-state index is 0.104. The summed E-state index contributed by atoms with van der Waals surface area (Å²) in [5.41, 5.74) is 2.30. The van der Waals surface area contributed by atoms with Gasteiger partial charge in [0.25, 0.3) is 0 Å². The van der Waals surface area contributed by atoms with Gasteiger partial charge < -0.3 is 0 Å². The van der Waals surface area contributed by atoms with E-state index in [9.17, 15) is 0 Å². The van der Waals surface area contributed by atoms with Gasteiger partial charge in [-0.25, -0.2) is 0 Å². The van der Waals surface area contributed by atoms with E-state index in [0.717, 1.165) is 10.6 Å². The standard InChI is InChI=1S/C13H11BrCl2S/c1-7-5-8(2)17-13(7)12(14)10-6-9(15)3-4-11(10)16/h3-6,12H,1-2H3. The van der Waals surface area contributed by atoms with Crippen molar-refractivity contribution < 1.29 is 0 Å². The van der Waals surface area contributed by atoms with Crippen LogP contribution in [0.15, 0.2) is 24.3 Å². The molecule has 2 rings (SSSR count). The molecule has 1 unspecified atom stereocenters. The average molecular weight is 350 g/mol. The van der Waals surface area contributed by atoms with Crippen LogP contribution in [0.1, 0.15) is 25.7 Å². The molecule has 1 atom stereocenters. The Kier molecular flexibility index (Phi) is 4.19. The van der Waals surface area contributed by atoms with Gasteiger partial charge in [0.2, 0.25) is 0 Å². The number of thiophene rings is 1. The first-order valence-electron chi connectivity index (χ1n) is 5.15. The van der Waals surface area contributed by atoms with Gasteiger partial charge in [0.15, 0.2) is 0 Å². The van der Waals surface area contributed by atoms with Crippen LogP contribution in [0.4, 0.5) is 0 Å². The van der Waals surface area contributed by atoms with Crippen LogP contribution in [0.3, 0.4) is 0 Å². The van der Waals surface area contributed by atoms with Crippen LogP contribution in [-0.4, -0.2) is 0 Å². The lowest BCUT2D eigenvalue weighted by Crippen LogP contribution is -1.93. The van der Waals surface area contributed by atoms with Crippen LogP contribution >= 0.6 is 50.5 Å². The molecule has 0 radical (unpaired) electrons. The highest BCUT2D eigenvalue weighted by molar-refractivity contribution is 9.09. The first kappa shape index (κ1) is 13.4. The molecule has 0 spiro atoms. The molecule has 2 aromatic rings. The Morgan fingerprint density at radius 3 is 2.47 bits per heavy atom. The summed E-state index contributed by atoms with van der Waals surface area (Å²) >= 11 is 17.7. The summed E-state index contributed by atoms with van der Waals surface area (Å²) in [6.07, 6.45) is 0. The second kappa shape index (κ2) is 5.31. The summed E-state index contributed by atoms with van der Waals surface area (Å²) in [4.78, 5) is 2.69. The highest BCUT2D eigenvalue weighted by Crippen LogP contribution is 2.41. The third-order valence-electron chi connectivity index (χ3n) is 2.54. The van der Waals surface area contributed by atoms with Gasteiger partial charge in [-0.05, 0) is 49.2 Å². The van der Waals surface area contributed by atoms with Crippen molar-refractivity contribution in [2.24, 2.45) is 0 Å². The van der Waals surface area contributed by atoms with E-state index in [1.54, 1.807) is 17.4 Å². The number of hydrogen-bond donors (Lipinski definition) is 0. The summed E-state index contributed by atoms with van der Waals surface area (Å²) in [7, 11) is 0. The smallest absolute Gasteiger partial charge is 0.0755 e. The fraction of sp³-hybridized carbons (Fsp3) is 0.231.